The predicted molar refractivity (Wildman–Crippen MR) is 46.1 cm³/mol. The Labute approximate surface area is 72.2 Å². The summed E-state index contributed by atoms with van der Waals surface area (Å²) in [4.78, 5) is 10.0. The van der Waals surface area contributed by atoms with Crippen molar-refractivity contribution in [2.45, 2.75) is 6.42 Å². The monoisotopic (exact) mass is 173 g/mol. The number of methoxy groups -OCH3 is 1. The van der Waals surface area contributed by atoms with Gasteiger partial charge in [0.2, 0.25) is 0 Å². The van der Waals surface area contributed by atoms with E-state index in [0.29, 0.717) is 13.2 Å². The molecular formula is C8H15NO3. The Morgan fingerprint density at radius 3 is 2.92 bits per heavy atom. The van der Waals surface area contributed by atoms with Crippen LogP contribution in [0, 0.1) is 0 Å². The van der Waals surface area contributed by atoms with Gasteiger partial charge in [-0.15, -0.1) is 0 Å². The minimum atomic E-state index is -0.803. The molecule has 0 radical (unpaired) electrons. The minimum absolute atomic E-state index is 0.0892. The summed E-state index contributed by atoms with van der Waals surface area (Å²) in [6, 6.07) is 0. The molecule has 0 heterocycles. The molecule has 0 unspecified atom stereocenters. The van der Waals surface area contributed by atoms with Gasteiger partial charge in [-0.05, 0) is 0 Å². The number of hydrogen-bond acceptors (Lipinski definition) is 3. The summed E-state index contributed by atoms with van der Waals surface area (Å²) in [5, 5.41) is 11.3. The molecule has 2 N–H and O–H groups in total. The fourth-order valence-corrected chi connectivity index (χ4v) is 0.627. The quantitative estimate of drug-likeness (QED) is 0.428. The second-order valence-electron chi connectivity index (χ2n) is 2.27. The maximum atomic E-state index is 10.0. The molecule has 12 heavy (non-hydrogen) atoms. The van der Waals surface area contributed by atoms with Crippen LogP contribution in [0.5, 0.6) is 0 Å². The van der Waals surface area contributed by atoms with Crippen LogP contribution in [0.2, 0.25) is 0 Å². The van der Waals surface area contributed by atoms with Gasteiger partial charge in [-0.1, -0.05) is 12.2 Å². The normalized spacial score (nSPS) is 10.8. The van der Waals surface area contributed by atoms with Crippen LogP contribution >= 0.6 is 0 Å². The summed E-state index contributed by atoms with van der Waals surface area (Å²) in [5.41, 5.74) is 0. The number of rotatable bonds is 7. The maximum Gasteiger partial charge on any atom is 0.307 e. The van der Waals surface area contributed by atoms with Crippen molar-refractivity contribution in [3.8, 4) is 0 Å². The molecular weight excluding hydrogens is 158 g/mol. The molecule has 0 amide bonds. The summed E-state index contributed by atoms with van der Waals surface area (Å²) >= 11 is 0. The second kappa shape index (κ2) is 8.23. The Kier molecular flexibility index (Phi) is 7.63. The van der Waals surface area contributed by atoms with Gasteiger partial charge in [-0.3, -0.25) is 4.79 Å². The van der Waals surface area contributed by atoms with E-state index in [1.165, 1.54) is 0 Å². The first-order chi connectivity index (χ1) is 5.77. The van der Waals surface area contributed by atoms with Crippen molar-refractivity contribution in [2.24, 2.45) is 0 Å². The zero-order chi connectivity index (χ0) is 9.23. The van der Waals surface area contributed by atoms with E-state index in [-0.39, 0.29) is 6.42 Å². The minimum Gasteiger partial charge on any atom is -0.481 e. The third-order valence-corrected chi connectivity index (χ3v) is 1.20. The number of aliphatic carboxylic acids is 1. The van der Waals surface area contributed by atoms with Crippen LogP contribution in [-0.2, 0) is 9.53 Å². The fraction of sp³-hybridized carbons (Fsp3) is 0.625. The molecule has 4 nitrogen and oxygen atoms in total. The molecule has 4 heteroatoms. The summed E-state index contributed by atoms with van der Waals surface area (Å²) in [7, 11) is 1.64. The van der Waals surface area contributed by atoms with Crippen molar-refractivity contribution < 1.29 is 14.6 Å². The van der Waals surface area contributed by atoms with Gasteiger partial charge in [0.25, 0.3) is 0 Å². The third kappa shape index (κ3) is 9.13. The largest absolute Gasteiger partial charge is 0.481 e. The van der Waals surface area contributed by atoms with Gasteiger partial charge in [-0.25, -0.2) is 0 Å². The first-order valence-corrected chi connectivity index (χ1v) is 3.84. The molecule has 0 rings (SSSR count). The second-order valence-corrected chi connectivity index (χ2v) is 2.27. The molecule has 0 spiro atoms. The maximum absolute atomic E-state index is 10.0. The van der Waals surface area contributed by atoms with Crippen molar-refractivity contribution in [3.05, 3.63) is 12.2 Å². The lowest BCUT2D eigenvalue weighted by atomic mass is 10.4. The average Bonchev–Trinajstić information content (AvgIpc) is 2.02. The topological polar surface area (TPSA) is 58.6 Å². The van der Waals surface area contributed by atoms with Crippen LogP contribution in [0.4, 0.5) is 0 Å². The van der Waals surface area contributed by atoms with E-state index in [0.717, 1.165) is 6.54 Å². The third-order valence-electron chi connectivity index (χ3n) is 1.20. The highest BCUT2D eigenvalue weighted by Crippen LogP contribution is 1.80. The highest BCUT2D eigenvalue weighted by molar-refractivity contribution is 5.68. The zero-order valence-corrected chi connectivity index (χ0v) is 7.25. The van der Waals surface area contributed by atoms with E-state index in [4.69, 9.17) is 9.84 Å². The number of carboxylic acids is 1. The SMILES string of the molecule is COCCNCC=CCC(=O)O. The van der Waals surface area contributed by atoms with E-state index in [9.17, 15) is 4.79 Å². The van der Waals surface area contributed by atoms with Crippen molar-refractivity contribution >= 4 is 5.97 Å². The standard InChI is InChI=1S/C8H15NO3/c1-12-7-6-9-5-3-2-4-8(10)11/h2-3,9H,4-7H2,1H3,(H,10,11). The van der Waals surface area contributed by atoms with Gasteiger partial charge >= 0.3 is 5.97 Å². The first-order valence-electron chi connectivity index (χ1n) is 3.84. The van der Waals surface area contributed by atoms with Crippen LogP contribution in [0.15, 0.2) is 12.2 Å². The van der Waals surface area contributed by atoms with Gasteiger partial charge in [0.05, 0.1) is 13.0 Å². The van der Waals surface area contributed by atoms with E-state index in [1.807, 2.05) is 0 Å². The van der Waals surface area contributed by atoms with Gasteiger partial charge in [0, 0.05) is 20.2 Å². The Bertz CT molecular complexity index is 145. The molecule has 0 aromatic heterocycles. The highest BCUT2D eigenvalue weighted by Gasteiger charge is 1.88. The smallest absolute Gasteiger partial charge is 0.307 e. The van der Waals surface area contributed by atoms with E-state index in [2.05, 4.69) is 5.32 Å². The Balaban J connectivity index is 3.08. The van der Waals surface area contributed by atoms with Gasteiger partial charge in [-0.2, -0.15) is 0 Å². The van der Waals surface area contributed by atoms with E-state index < -0.39 is 5.97 Å². The van der Waals surface area contributed by atoms with Crippen LogP contribution in [0.1, 0.15) is 6.42 Å². The van der Waals surface area contributed by atoms with Gasteiger partial charge in [0.15, 0.2) is 0 Å². The number of carbonyl (C=O) groups is 1. The van der Waals surface area contributed by atoms with Crippen molar-refractivity contribution in [2.75, 3.05) is 26.8 Å². The van der Waals surface area contributed by atoms with Crippen LogP contribution in [0.3, 0.4) is 0 Å². The molecule has 0 bridgehead atoms. The molecule has 0 fully saturated rings. The number of hydrogen-bond donors (Lipinski definition) is 2. The molecule has 0 aromatic carbocycles. The van der Waals surface area contributed by atoms with Crippen LogP contribution in [0.25, 0.3) is 0 Å². The summed E-state index contributed by atoms with van der Waals surface area (Å²) < 4.78 is 4.81. The summed E-state index contributed by atoms with van der Waals surface area (Å²) in [5.74, 6) is -0.803. The number of nitrogens with one attached hydrogen (secondary N) is 1. The molecule has 0 saturated carbocycles. The highest BCUT2D eigenvalue weighted by atomic mass is 16.5. The number of ether oxygens (including phenoxy) is 1. The zero-order valence-electron chi connectivity index (χ0n) is 7.25. The Morgan fingerprint density at radius 1 is 1.58 bits per heavy atom. The molecule has 0 saturated heterocycles. The molecule has 0 aliphatic carbocycles. The van der Waals surface area contributed by atoms with E-state index in [1.54, 1.807) is 19.3 Å². The summed E-state index contributed by atoms with van der Waals surface area (Å²) in [6.45, 7) is 2.15. The Hall–Kier alpha value is -0.870. The fourth-order valence-electron chi connectivity index (χ4n) is 0.627. The van der Waals surface area contributed by atoms with Crippen LogP contribution in [-0.4, -0.2) is 37.9 Å². The number of carboxylic acid groups (broad SMARTS) is 1. The molecule has 0 atom stereocenters. The van der Waals surface area contributed by atoms with Gasteiger partial charge < -0.3 is 15.2 Å². The van der Waals surface area contributed by atoms with Gasteiger partial charge in [0.1, 0.15) is 0 Å². The molecule has 0 aliphatic rings. The van der Waals surface area contributed by atoms with Crippen LogP contribution < -0.4 is 5.32 Å². The summed E-state index contributed by atoms with van der Waals surface area (Å²) in [6.07, 6.45) is 3.51. The molecule has 0 aromatic rings. The lowest BCUT2D eigenvalue weighted by Gasteiger charge is -1.98. The molecule has 0 aliphatic heterocycles. The average molecular weight is 173 g/mol. The van der Waals surface area contributed by atoms with E-state index >= 15 is 0 Å². The molecule has 70 valence electrons. The Morgan fingerprint density at radius 2 is 2.33 bits per heavy atom. The lowest BCUT2D eigenvalue weighted by molar-refractivity contribution is -0.136. The first kappa shape index (κ1) is 11.1. The predicted octanol–water partition coefficient (Wildman–Crippen LogP) is 0.253. The van der Waals surface area contributed by atoms with Crippen molar-refractivity contribution in [1.82, 2.24) is 5.32 Å². The van der Waals surface area contributed by atoms with Crippen molar-refractivity contribution in [3.63, 3.8) is 0 Å². The lowest BCUT2D eigenvalue weighted by Crippen LogP contribution is -2.18. The van der Waals surface area contributed by atoms with Crippen molar-refractivity contribution in [1.29, 1.82) is 0 Å².